The predicted molar refractivity (Wildman–Crippen MR) is 332 cm³/mol. The highest BCUT2D eigenvalue weighted by Crippen LogP contribution is 2.38. The predicted octanol–water partition coefficient (Wildman–Crippen LogP) is 20.0. The quantitative estimate of drug-likeness (QED) is 0.0195. The van der Waals surface area contributed by atoms with Crippen LogP contribution in [0.25, 0.3) is 0 Å². The van der Waals surface area contributed by atoms with Crippen molar-refractivity contribution in [3.8, 4) is 0 Å². The first kappa shape index (κ1) is 75.2. The monoisotopic (exact) mass is 1110 g/mol. The molecule has 0 aromatic rings. The molecule has 0 aromatic carbocycles. The van der Waals surface area contributed by atoms with Crippen LogP contribution in [0.4, 0.5) is 0 Å². The van der Waals surface area contributed by atoms with Crippen LogP contribution in [0.3, 0.4) is 0 Å². The SMILES string of the molecule is CC/C=C\C/C=C\C/C=C\C/C=C\C/C=C\CCCCCCCCCCCCCCCCCC(=O)OC(COC(=O)CCCCCCCCCCCCC/C=C\C/C=C\CCCCCCC)COP(=O)([O-])OCC[N+](C)(C)C. The third-order valence-corrected chi connectivity index (χ3v) is 14.9. The first-order chi connectivity index (χ1) is 38.0. The van der Waals surface area contributed by atoms with Crippen molar-refractivity contribution in [3.05, 3.63) is 85.1 Å². The number of rotatable bonds is 59. The molecule has 0 heterocycles. The van der Waals surface area contributed by atoms with E-state index in [0.717, 1.165) is 77.0 Å². The summed E-state index contributed by atoms with van der Waals surface area (Å²) in [6, 6.07) is 0. The van der Waals surface area contributed by atoms with Gasteiger partial charge in [-0.1, -0.05) is 266 Å². The Morgan fingerprint density at radius 2 is 0.731 bits per heavy atom. The summed E-state index contributed by atoms with van der Waals surface area (Å²) in [6.07, 6.45) is 79.2. The maximum atomic E-state index is 12.8. The van der Waals surface area contributed by atoms with Crippen LogP contribution < -0.4 is 4.89 Å². The molecule has 9 nitrogen and oxygen atoms in total. The number of carbonyl (C=O) groups is 2. The van der Waals surface area contributed by atoms with Gasteiger partial charge in [0.2, 0.25) is 0 Å². The van der Waals surface area contributed by atoms with Crippen LogP contribution in [-0.4, -0.2) is 70.0 Å². The van der Waals surface area contributed by atoms with Gasteiger partial charge in [0.25, 0.3) is 7.82 Å². The molecule has 0 fully saturated rings. The fraction of sp³-hybridized carbons (Fsp3) is 0.765. The number of allylic oxidation sites excluding steroid dienone is 14. The lowest BCUT2D eigenvalue weighted by Crippen LogP contribution is -2.37. The Labute approximate surface area is 481 Å². The molecule has 452 valence electrons. The molecule has 0 aliphatic rings. The minimum atomic E-state index is -4.64. The van der Waals surface area contributed by atoms with Crippen molar-refractivity contribution < 1.29 is 42.1 Å². The van der Waals surface area contributed by atoms with Gasteiger partial charge in [0.1, 0.15) is 19.8 Å². The topological polar surface area (TPSA) is 111 Å². The number of nitrogens with zero attached hydrogens (tertiary/aromatic N) is 1. The number of carbonyl (C=O) groups excluding carboxylic acids is 2. The van der Waals surface area contributed by atoms with Crippen molar-refractivity contribution in [2.45, 2.75) is 290 Å². The van der Waals surface area contributed by atoms with Crippen LogP contribution >= 0.6 is 7.82 Å². The van der Waals surface area contributed by atoms with Gasteiger partial charge in [0, 0.05) is 12.8 Å². The lowest BCUT2D eigenvalue weighted by Gasteiger charge is -2.28. The highest BCUT2D eigenvalue weighted by Gasteiger charge is 2.22. The van der Waals surface area contributed by atoms with E-state index in [9.17, 15) is 19.0 Å². The minimum absolute atomic E-state index is 0.0330. The van der Waals surface area contributed by atoms with Crippen molar-refractivity contribution in [1.82, 2.24) is 0 Å². The van der Waals surface area contributed by atoms with Crippen LogP contribution in [-0.2, 0) is 32.7 Å². The molecule has 0 aliphatic carbocycles. The van der Waals surface area contributed by atoms with Crippen LogP contribution in [0.15, 0.2) is 85.1 Å². The Bertz CT molecular complexity index is 1590. The van der Waals surface area contributed by atoms with E-state index in [2.05, 4.69) is 98.9 Å². The first-order valence-electron chi connectivity index (χ1n) is 32.3. The molecule has 0 radical (unpaired) electrons. The van der Waals surface area contributed by atoms with Crippen LogP contribution in [0.2, 0.25) is 0 Å². The highest BCUT2D eigenvalue weighted by molar-refractivity contribution is 7.45. The Kier molecular flexibility index (Phi) is 56.7. The third kappa shape index (κ3) is 62.4. The summed E-state index contributed by atoms with van der Waals surface area (Å²) < 4.78 is 34.3. The smallest absolute Gasteiger partial charge is 0.306 e. The minimum Gasteiger partial charge on any atom is -0.756 e. The van der Waals surface area contributed by atoms with E-state index in [1.165, 1.54) is 173 Å². The number of phosphoric ester groups is 1. The van der Waals surface area contributed by atoms with E-state index < -0.39 is 26.5 Å². The summed E-state index contributed by atoms with van der Waals surface area (Å²) >= 11 is 0. The Hall–Kier alpha value is -2.81. The molecule has 2 unspecified atom stereocenters. The second-order valence-electron chi connectivity index (χ2n) is 22.7. The second kappa shape index (κ2) is 58.8. The van der Waals surface area contributed by atoms with E-state index in [4.69, 9.17) is 18.5 Å². The number of hydrogen-bond donors (Lipinski definition) is 0. The van der Waals surface area contributed by atoms with Crippen molar-refractivity contribution in [2.75, 3.05) is 47.5 Å². The number of unbranched alkanes of at least 4 members (excludes halogenated alkanes) is 31. The van der Waals surface area contributed by atoms with Gasteiger partial charge in [0.05, 0.1) is 27.7 Å². The molecule has 10 heteroatoms. The standard InChI is InChI=1S/C68H122NO8P/c1-6-8-10-12-14-16-18-20-22-24-26-28-30-31-32-33-34-35-36-37-39-41-43-45-47-49-51-53-55-57-59-61-68(71)77-66(65-76-78(72,73)75-63-62-69(3,4)5)64-74-67(70)60-58-56-54-52-50-48-46-44-42-40-38-29-27-25-23-21-19-17-15-13-11-9-7-2/h8,10,14,16,19-22,25-28,31-32,66H,6-7,9,11-13,15,17-18,23-24,29-30,33-65H2,1-5H3/b10-8-,16-14-,21-19-,22-20-,27-25-,28-26-,32-31-. The molecular weight excluding hydrogens is 990 g/mol. The van der Waals surface area contributed by atoms with E-state index in [1.807, 2.05) is 21.1 Å². The lowest BCUT2D eigenvalue weighted by molar-refractivity contribution is -0.870. The largest absolute Gasteiger partial charge is 0.756 e. The summed E-state index contributed by atoms with van der Waals surface area (Å²) in [5.74, 6) is -0.829. The molecule has 0 bridgehead atoms. The second-order valence-corrected chi connectivity index (χ2v) is 24.2. The average molecular weight is 1110 g/mol. The summed E-state index contributed by atoms with van der Waals surface area (Å²) in [6.45, 7) is 4.14. The number of hydrogen-bond acceptors (Lipinski definition) is 8. The maximum absolute atomic E-state index is 12.8. The van der Waals surface area contributed by atoms with Gasteiger partial charge in [-0.05, 0) is 89.9 Å². The fourth-order valence-electron chi connectivity index (χ4n) is 8.95. The number of ether oxygens (including phenoxy) is 2. The Balaban J connectivity index is 4.09. The van der Waals surface area contributed by atoms with Crippen molar-refractivity contribution in [2.24, 2.45) is 0 Å². The van der Waals surface area contributed by atoms with E-state index in [-0.39, 0.29) is 32.0 Å². The number of likely N-dealkylation sites (N-methyl/N-ethyl adjacent to an activating group) is 1. The van der Waals surface area contributed by atoms with Gasteiger partial charge >= 0.3 is 11.9 Å². The Morgan fingerprint density at radius 1 is 0.410 bits per heavy atom. The molecule has 78 heavy (non-hydrogen) atoms. The number of quaternary nitrogens is 1. The van der Waals surface area contributed by atoms with Crippen LogP contribution in [0, 0.1) is 0 Å². The zero-order chi connectivity index (χ0) is 57.0. The summed E-state index contributed by atoms with van der Waals surface area (Å²) in [4.78, 5) is 38.0. The molecule has 0 rings (SSSR count). The van der Waals surface area contributed by atoms with Gasteiger partial charge in [-0.3, -0.25) is 14.2 Å². The molecular formula is C68H122NO8P. The van der Waals surface area contributed by atoms with Crippen LogP contribution in [0.1, 0.15) is 284 Å². The number of esters is 2. The lowest BCUT2D eigenvalue weighted by atomic mass is 10.0. The fourth-order valence-corrected chi connectivity index (χ4v) is 9.68. The van der Waals surface area contributed by atoms with Gasteiger partial charge in [-0.2, -0.15) is 0 Å². The zero-order valence-corrected chi connectivity index (χ0v) is 52.2. The zero-order valence-electron chi connectivity index (χ0n) is 51.3. The Morgan fingerprint density at radius 3 is 1.09 bits per heavy atom. The average Bonchev–Trinajstić information content (AvgIpc) is 3.40. The normalized spacial score (nSPS) is 13.8. The third-order valence-electron chi connectivity index (χ3n) is 13.9. The summed E-state index contributed by atoms with van der Waals surface area (Å²) in [5.41, 5.74) is 0. The van der Waals surface area contributed by atoms with Crippen molar-refractivity contribution in [3.63, 3.8) is 0 Å². The number of phosphoric acid groups is 1. The molecule has 0 saturated carbocycles. The summed E-state index contributed by atoms with van der Waals surface area (Å²) in [7, 11) is 1.17. The van der Waals surface area contributed by atoms with Gasteiger partial charge in [-0.25, -0.2) is 0 Å². The molecule has 0 spiro atoms. The molecule has 0 saturated heterocycles. The van der Waals surface area contributed by atoms with Gasteiger partial charge < -0.3 is 27.9 Å². The molecule has 2 atom stereocenters. The summed E-state index contributed by atoms with van der Waals surface area (Å²) in [5, 5.41) is 0. The molecule has 0 N–H and O–H groups in total. The van der Waals surface area contributed by atoms with Crippen molar-refractivity contribution >= 4 is 19.8 Å². The maximum Gasteiger partial charge on any atom is 0.306 e. The van der Waals surface area contributed by atoms with Gasteiger partial charge in [0.15, 0.2) is 6.10 Å². The van der Waals surface area contributed by atoms with E-state index in [0.29, 0.717) is 17.4 Å². The van der Waals surface area contributed by atoms with Crippen molar-refractivity contribution in [1.29, 1.82) is 0 Å². The van der Waals surface area contributed by atoms with Gasteiger partial charge in [-0.15, -0.1) is 0 Å². The molecule has 0 aliphatic heterocycles. The molecule has 0 amide bonds. The van der Waals surface area contributed by atoms with Crippen LogP contribution in [0.5, 0.6) is 0 Å². The first-order valence-corrected chi connectivity index (χ1v) is 33.8. The molecule has 0 aromatic heterocycles. The highest BCUT2D eigenvalue weighted by atomic mass is 31.2. The van der Waals surface area contributed by atoms with E-state index in [1.54, 1.807) is 0 Å². The van der Waals surface area contributed by atoms with E-state index >= 15 is 0 Å².